The van der Waals surface area contributed by atoms with E-state index in [-0.39, 0.29) is 6.09 Å². The van der Waals surface area contributed by atoms with Crippen LogP contribution in [-0.2, 0) is 17.8 Å². The number of nitrogens with zero attached hydrogens (tertiary/aromatic N) is 4. The van der Waals surface area contributed by atoms with Crippen molar-refractivity contribution in [2.75, 3.05) is 31.1 Å². The molecule has 2 aliphatic rings. The highest BCUT2D eigenvalue weighted by molar-refractivity contribution is 5.70. The molecule has 0 spiro atoms. The highest BCUT2D eigenvalue weighted by atomic mass is 16.6. The maximum absolute atomic E-state index is 12.3. The summed E-state index contributed by atoms with van der Waals surface area (Å²) in [5, 5.41) is 3.35. The summed E-state index contributed by atoms with van der Waals surface area (Å²) in [5.74, 6) is 1.73. The van der Waals surface area contributed by atoms with E-state index >= 15 is 0 Å². The van der Waals surface area contributed by atoms with E-state index in [1.54, 1.807) is 4.90 Å². The van der Waals surface area contributed by atoms with Crippen LogP contribution >= 0.6 is 0 Å². The third kappa shape index (κ3) is 3.55. The summed E-state index contributed by atoms with van der Waals surface area (Å²) in [6, 6.07) is 0. The summed E-state index contributed by atoms with van der Waals surface area (Å²) in [6.07, 6.45) is -0.292. The van der Waals surface area contributed by atoms with E-state index in [1.165, 1.54) is 0 Å². The van der Waals surface area contributed by atoms with Crippen molar-refractivity contribution in [2.45, 2.75) is 46.4 Å². The number of rotatable bonds is 1. The Labute approximate surface area is 137 Å². The van der Waals surface area contributed by atoms with Gasteiger partial charge < -0.3 is 15.0 Å². The lowest BCUT2D eigenvalue weighted by Crippen LogP contribution is -2.44. The summed E-state index contributed by atoms with van der Waals surface area (Å²) >= 11 is 0. The summed E-state index contributed by atoms with van der Waals surface area (Å²) in [5.41, 5.74) is 1.51. The van der Waals surface area contributed by atoms with E-state index in [1.807, 2.05) is 27.7 Å². The Balaban J connectivity index is 1.82. The van der Waals surface area contributed by atoms with Gasteiger partial charge in [-0.15, -0.1) is 0 Å². The summed E-state index contributed by atoms with van der Waals surface area (Å²) < 4.78 is 5.48. The molecule has 0 atom stereocenters. The number of hydrogen-bond donors (Lipinski definition) is 1. The summed E-state index contributed by atoms with van der Waals surface area (Å²) in [4.78, 5) is 25.5. The zero-order chi connectivity index (χ0) is 16.6. The topological polar surface area (TPSA) is 70.6 Å². The highest BCUT2D eigenvalue weighted by Gasteiger charge is 2.32. The van der Waals surface area contributed by atoms with Gasteiger partial charge in [0.1, 0.15) is 17.2 Å². The minimum absolute atomic E-state index is 0.292. The number of aromatic nitrogens is 2. The van der Waals surface area contributed by atoms with Crippen molar-refractivity contribution in [1.29, 1.82) is 0 Å². The molecule has 0 bridgehead atoms. The van der Waals surface area contributed by atoms with E-state index in [2.05, 4.69) is 20.2 Å². The van der Waals surface area contributed by atoms with Crippen molar-refractivity contribution in [2.24, 2.45) is 0 Å². The molecule has 23 heavy (non-hydrogen) atoms. The molecule has 1 aromatic heterocycles. The molecule has 3 heterocycles. The third-order valence-electron chi connectivity index (χ3n) is 3.94. The van der Waals surface area contributed by atoms with Gasteiger partial charge in [-0.05, 0) is 27.7 Å². The van der Waals surface area contributed by atoms with Crippen LogP contribution in [0.1, 0.15) is 37.9 Å². The second-order valence-corrected chi connectivity index (χ2v) is 7.09. The molecule has 1 fully saturated rings. The summed E-state index contributed by atoms with van der Waals surface area (Å²) in [6.45, 7) is 12.3. The molecule has 7 nitrogen and oxygen atoms in total. The maximum atomic E-state index is 12.3. The Hall–Kier alpha value is -1.89. The lowest BCUT2D eigenvalue weighted by atomic mass is 10.2. The second kappa shape index (κ2) is 5.96. The van der Waals surface area contributed by atoms with Crippen LogP contribution < -0.4 is 10.2 Å². The Kier molecular flexibility index (Phi) is 4.14. The van der Waals surface area contributed by atoms with Gasteiger partial charge in [-0.25, -0.2) is 14.8 Å². The van der Waals surface area contributed by atoms with Crippen molar-refractivity contribution in [3.8, 4) is 0 Å². The molecule has 0 saturated carbocycles. The minimum Gasteiger partial charge on any atom is -0.444 e. The number of amides is 1. The van der Waals surface area contributed by atoms with Gasteiger partial charge in [0.05, 0.1) is 18.8 Å². The first-order valence-electron chi connectivity index (χ1n) is 8.13. The average molecular weight is 319 g/mol. The normalized spacial score (nSPS) is 18.1. The van der Waals surface area contributed by atoms with Crippen LogP contribution in [-0.4, -0.2) is 52.7 Å². The molecular weight excluding hydrogens is 294 g/mol. The zero-order valence-corrected chi connectivity index (χ0v) is 14.3. The fraction of sp³-hybridized carbons (Fsp3) is 0.688. The fourth-order valence-electron chi connectivity index (χ4n) is 2.95. The molecule has 1 aromatic rings. The van der Waals surface area contributed by atoms with Gasteiger partial charge in [-0.3, -0.25) is 4.90 Å². The van der Waals surface area contributed by atoms with Crippen LogP contribution in [0.2, 0.25) is 0 Å². The number of carbonyl (C=O) groups is 1. The van der Waals surface area contributed by atoms with Crippen molar-refractivity contribution in [3.63, 3.8) is 0 Å². The third-order valence-corrected chi connectivity index (χ3v) is 3.94. The molecule has 0 radical (unpaired) electrons. The van der Waals surface area contributed by atoms with Gasteiger partial charge in [0.15, 0.2) is 0 Å². The quantitative estimate of drug-likeness (QED) is 0.845. The number of aryl methyl sites for hydroxylation is 1. The Morgan fingerprint density at radius 3 is 2.52 bits per heavy atom. The van der Waals surface area contributed by atoms with Crippen molar-refractivity contribution in [1.82, 2.24) is 20.2 Å². The standard InChI is InChI=1S/C16H25N5O2/c1-11-18-13-10-21(15(22)23-16(2,3)4)9-12(13)14(19-11)20-7-5-17-6-8-20/h17H,5-10H2,1-4H3. The van der Waals surface area contributed by atoms with E-state index in [9.17, 15) is 4.79 Å². The van der Waals surface area contributed by atoms with Crippen molar-refractivity contribution in [3.05, 3.63) is 17.1 Å². The predicted molar refractivity (Wildman–Crippen MR) is 87.3 cm³/mol. The predicted octanol–water partition coefficient (Wildman–Crippen LogP) is 1.45. The first-order chi connectivity index (χ1) is 10.8. The Morgan fingerprint density at radius 1 is 1.17 bits per heavy atom. The molecule has 0 aliphatic carbocycles. The van der Waals surface area contributed by atoms with Crippen LogP contribution in [0, 0.1) is 6.92 Å². The molecular formula is C16H25N5O2. The van der Waals surface area contributed by atoms with E-state index in [0.717, 1.165) is 49.1 Å². The second-order valence-electron chi connectivity index (χ2n) is 7.09. The molecule has 7 heteroatoms. The van der Waals surface area contributed by atoms with Crippen LogP contribution in [0.15, 0.2) is 0 Å². The highest BCUT2D eigenvalue weighted by Crippen LogP contribution is 2.30. The van der Waals surface area contributed by atoms with Gasteiger partial charge in [0.25, 0.3) is 0 Å². The van der Waals surface area contributed by atoms with E-state index in [0.29, 0.717) is 13.1 Å². The van der Waals surface area contributed by atoms with E-state index in [4.69, 9.17) is 4.74 Å². The number of carbonyl (C=O) groups excluding carboxylic acids is 1. The van der Waals surface area contributed by atoms with Gasteiger partial charge in [-0.1, -0.05) is 0 Å². The monoisotopic (exact) mass is 319 g/mol. The lowest BCUT2D eigenvalue weighted by molar-refractivity contribution is 0.0241. The number of nitrogens with one attached hydrogen (secondary N) is 1. The molecule has 126 valence electrons. The van der Waals surface area contributed by atoms with Crippen molar-refractivity contribution >= 4 is 11.9 Å². The van der Waals surface area contributed by atoms with Gasteiger partial charge in [0, 0.05) is 31.7 Å². The largest absolute Gasteiger partial charge is 0.444 e. The maximum Gasteiger partial charge on any atom is 0.410 e. The molecule has 1 amide bonds. The SMILES string of the molecule is Cc1nc2c(c(N3CCNCC3)n1)CN(C(=O)OC(C)(C)C)C2. The van der Waals surface area contributed by atoms with Crippen molar-refractivity contribution < 1.29 is 9.53 Å². The number of fused-ring (bicyclic) bond motifs is 1. The molecule has 0 unspecified atom stereocenters. The van der Waals surface area contributed by atoms with Gasteiger partial charge in [-0.2, -0.15) is 0 Å². The molecule has 1 N–H and O–H groups in total. The first-order valence-corrected chi connectivity index (χ1v) is 8.13. The molecule has 3 rings (SSSR count). The van der Waals surface area contributed by atoms with Crippen LogP contribution in [0.3, 0.4) is 0 Å². The lowest BCUT2D eigenvalue weighted by Gasteiger charge is -2.30. The molecule has 1 saturated heterocycles. The number of hydrogen-bond acceptors (Lipinski definition) is 6. The number of ether oxygens (including phenoxy) is 1. The number of anilines is 1. The zero-order valence-electron chi connectivity index (χ0n) is 14.3. The fourth-order valence-corrected chi connectivity index (χ4v) is 2.95. The van der Waals surface area contributed by atoms with Crippen LogP contribution in [0.4, 0.5) is 10.6 Å². The van der Waals surface area contributed by atoms with Crippen LogP contribution in [0.25, 0.3) is 0 Å². The Bertz CT molecular complexity index is 605. The number of piperazine rings is 1. The van der Waals surface area contributed by atoms with Gasteiger partial charge >= 0.3 is 6.09 Å². The molecule has 0 aromatic carbocycles. The van der Waals surface area contributed by atoms with E-state index < -0.39 is 5.60 Å². The molecule has 2 aliphatic heterocycles. The van der Waals surface area contributed by atoms with Crippen LogP contribution in [0.5, 0.6) is 0 Å². The summed E-state index contributed by atoms with van der Waals surface area (Å²) in [7, 11) is 0. The van der Waals surface area contributed by atoms with Gasteiger partial charge in [0.2, 0.25) is 0 Å². The minimum atomic E-state index is -0.491. The average Bonchev–Trinajstić information content (AvgIpc) is 2.89. The first kappa shape index (κ1) is 16.0. The smallest absolute Gasteiger partial charge is 0.410 e. The Morgan fingerprint density at radius 2 is 1.87 bits per heavy atom.